The molecule has 7 nitrogen and oxygen atoms in total. The molecule has 0 N–H and O–H groups in total. The van der Waals surface area contributed by atoms with Gasteiger partial charge in [-0.05, 0) is 37.6 Å². The number of rotatable bonds is 6. The number of benzene rings is 1. The quantitative estimate of drug-likeness (QED) is 0.446. The summed E-state index contributed by atoms with van der Waals surface area (Å²) in [5, 5.41) is 8.69. The number of nitrogens with zero attached hydrogens (tertiary/aromatic N) is 3. The Balaban J connectivity index is 1.81. The highest BCUT2D eigenvalue weighted by Gasteiger charge is 2.42. The molecule has 1 aromatic rings. The van der Waals surface area contributed by atoms with Gasteiger partial charge in [-0.1, -0.05) is 0 Å². The summed E-state index contributed by atoms with van der Waals surface area (Å²) in [5.74, 6) is -0.963. The molecule has 0 saturated carbocycles. The fourth-order valence-corrected chi connectivity index (χ4v) is 2.06. The summed E-state index contributed by atoms with van der Waals surface area (Å²) in [6.07, 6.45) is 0.419. The van der Waals surface area contributed by atoms with Crippen molar-refractivity contribution in [1.29, 1.82) is 5.26 Å². The SMILES string of the molecule is CCN1C(=O)C(=O)N(CCCOc2ccc(C#N)cc2)C1=O. The van der Waals surface area contributed by atoms with Crippen molar-refractivity contribution in [2.75, 3.05) is 19.7 Å². The van der Waals surface area contributed by atoms with Gasteiger partial charge in [0.1, 0.15) is 5.75 Å². The molecular weight excluding hydrogens is 286 g/mol. The molecule has 1 heterocycles. The van der Waals surface area contributed by atoms with Gasteiger partial charge in [0.05, 0.1) is 18.2 Å². The second-order valence-corrected chi connectivity index (χ2v) is 4.63. The van der Waals surface area contributed by atoms with Gasteiger partial charge in [-0.25, -0.2) is 4.79 Å². The Morgan fingerprint density at radius 2 is 1.73 bits per heavy atom. The summed E-state index contributed by atoms with van der Waals surface area (Å²) in [5.41, 5.74) is 0.541. The van der Waals surface area contributed by atoms with Crippen molar-refractivity contribution < 1.29 is 19.1 Å². The standard InChI is InChI=1S/C15H15N3O4/c1-2-17-13(19)14(20)18(15(17)21)8-3-9-22-12-6-4-11(10-16)5-7-12/h4-7H,2-3,8-9H2,1H3. The van der Waals surface area contributed by atoms with Crippen molar-refractivity contribution >= 4 is 17.8 Å². The zero-order valence-corrected chi connectivity index (χ0v) is 12.1. The molecule has 1 fully saturated rings. The average Bonchev–Trinajstić information content (AvgIpc) is 2.74. The maximum Gasteiger partial charge on any atom is 0.334 e. The van der Waals surface area contributed by atoms with Crippen molar-refractivity contribution in [1.82, 2.24) is 9.80 Å². The Morgan fingerprint density at radius 3 is 2.27 bits per heavy atom. The number of nitriles is 1. The van der Waals surface area contributed by atoms with E-state index in [2.05, 4.69) is 0 Å². The molecule has 4 amide bonds. The summed E-state index contributed by atoms with van der Waals surface area (Å²) in [7, 11) is 0. The van der Waals surface area contributed by atoms with Gasteiger partial charge in [-0.2, -0.15) is 5.26 Å². The van der Waals surface area contributed by atoms with Gasteiger partial charge in [0.2, 0.25) is 0 Å². The van der Waals surface area contributed by atoms with Gasteiger partial charge >= 0.3 is 17.8 Å². The van der Waals surface area contributed by atoms with Crippen LogP contribution in [0.5, 0.6) is 5.75 Å². The Hall–Kier alpha value is -2.88. The molecule has 0 bridgehead atoms. The van der Waals surface area contributed by atoms with Crippen LogP contribution in [0.25, 0.3) is 0 Å². The molecule has 0 unspecified atom stereocenters. The first-order valence-corrected chi connectivity index (χ1v) is 6.88. The zero-order chi connectivity index (χ0) is 16.1. The monoisotopic (exact) mass is 301 g/mol. The lowest BCUT2D eigenvalue weighted by Gasteiger charge is -2.14. The molecule has 0 spiro atoms. The summed E-state index contributed by atoms with van der Waals surface area (Å²) < 4.78 is 5.46. The van der Waals surface area contributed by atoms with E-state index < -0.39 is 17.8 Å². The first kappa shape index (κ1) is 15.5. The third-order valence-electron chi connectivity index (χ3n) is 3.23. The normalized spacial score (nSPS) is 14.5. The van der Waals surface area contributed by atoms with Crippen molar-refractivity contribution in [3.63, 3.8) is 0 Å². The molecule has 0 radical (unpaired) electrons. The molecule has 7 heteroatoms. The molecule has 2 rings (SSSR count). The first-order chi connectivity index (χ1) is 10.6. The number of imide groups is 2. The minimum atomic E-state index is -0.787. The second kappa shape index (κ2) is 6.72. The molecule has 0 aromatic heterocycles. The highest BCUT2D eigenvalue weighted by Crippen LogP contribution is 2.14. The number of hydrogen-bond donors (Lipinski definition) is 0. The van der Waals surface area contributed by atoms with E-state index in [0.29, 0.717) is 24.3 Å². The predicted molar refractivity (Wildman–Crippen MR) is 75.8 cm³/mol. The van der Waals surface area contributed by atoms with Crippen molar-refractivity contribution in [2.45, 2.75) is 13.3 Å². The van der Waals surface area contributed by atoms with Crippen LogP contribution >= 0.6 is 0 Å². The van der Waals surface area contributed by atoms with Crippen LogP contribution in [0.1, 0.15) is 18.9 Å². The average molecular weight is 301 g/mol. The fourth-order valence-electron chi connectivity index (χ4n) is 2.06. The molecule has 1 aliphatic heterocycles. The van der Waals surface area contributed by atoms with Gasteiger partial charge in [0.25, 0.3) is 0 Å². The van der Waals surface area contributed by atoms with Crippen LogP contribution in [0.3, 0.4) is 0 Å². The summed E-state index contributed by atoms with van der Waals surface area (Å²) in [6.45, 7) is 2.25. The van der Waals surface area contributed by atoms with Gasteiger partial charge in [0, 0.05) is 13.1 Å². The number of likely N-dealkylation sites (N-methyl/N-ethyl adjacent to an activating group) is 1. The minimum absolute atomic E-state index is 0.135. The third kappa shape index (κ3) is 3.06. The smallest absolute Gasteiger partial charge is 0.334 e. The third-order valence-corrected chi connectivity index (χ3v) is 3.23. The number of amides is 4. The number of hydrogen-bond acceptors (Lipinski definition) is 5. The van der Waals surface area contributed by atoms with E-state index >= 15 is 0 Å². The van der Waals surface area contributed by atoms with Crippen LogP contribution in [0.15, 0.2) is 24.3 Å². The van der Waals surface area contributed by atoms with Gasteiger partial charge in [0.15, 0.2) is 0 Å². The molecule has 1 aromatic carbocycles. The van der Waals surface area contributed by atoms with E-state index in [1.54, 1.807) is 31.2 Å². The van der Waals surface area contributed by atoms with Gasteiger partial charge < -0.3 is 4.74 Å². The fraction of sp³-hybridized carbons (Fsp3) is 0.333. The van der Waals surface area contributed by atoms with E-state index in [-0.39, 0.29) is 13.1 Å². The Kier molecular flexibility index (Phi) is 4.73. The van der Waals surface area contributed by atoms with Crippen LogP contribution in [0.2, 0.25) is 0 Å². The van der Waals surface area contributed by atoms with E-state index in [1.165, 1.54) is 0 Å². The second-order valence-electron chi connectivity index (χ2n) is 4.63. The lowest BCUT2D eigenvalue weighted by molar-refractivity contribution is -0.143. The van der Waals surface area contributed by atoms with E-state index in [0.717, 1.165) is 9.80 Å². The Bertz CT molecular complexity index is 633. The molecule has 0 aliphatic carbocycles. The van der Waals surface area contributed by atoms with Crippen LogP contribution in [-0.2, 0) is 9.59 Å². The molecule has 1 saturated heterocycles. The maximum atomic E-state index is 11.8. The highest BCUT2D eigenvalue weighted by molar-refractivity contribution is 6.44. The number of ether oxygens (including phenoxy) is 1. The van der Waals surface area contributed by atoms with Crippen LogP contribution in [0, 0.1) is 11.3 Å². The summed E-state index contributed by atoms with van der Waals surface area (Å²) in [6, 6.07) is 8.06. The van der Waals surface area contributed by atoms with Crippen LogP contribution < -0.4 is 4.74 Å². The topological polar surface area (TPSA) is 90.7 Å². The Labute approximate surface area is 127 Å². The van der Waals surface area contributed by atoms with E-state index in [9.17, 15) is 14.4 Å². The van der Waals surface area contributed by atoms with Crippen LogP contribution in [0.4, 0.5) is 4.79 Å². The summed E-state index contributed by atoms with van der Waals surface area (Å²) in [4.78, 5) is 36.9. The number of carbonyl (C=O) groups excluding carboxylic acids is 3. The van der Waals surface area contributed by atoms with E-state index in [4.69, 9.17) is 10.00 Å². The minimum Gasteiger partial charge on any atom is -0.494 e. The lowest BCUT2D eigenvalue weighted by Crippen LogP contribution is -2.34. The molecule has 0 atom stereocenters. The van der Waals surface area contributed by atoms with Crippen molar-refractivity contribution in [3.05, 3.63) is 29.8 Å². The Morgan fingerprint density at radius 1 is 1.09 bits per heavy atom. The molecule has 114 valence electrons. The first-order valence-electron chi connectivity index (χ1n) is 6.88. The van der Waals surface area contributed by atoms with Gasteiger partial charge in [-0.3, -0.25) is 19.4 Å². The van der Waals surface area contributed by atoms with Crippen molar-refractivity contribution in [2.24, 2.45) is 0 Å². The predicted octanol–water partition coefficient (Wildman–Crippen LogP) is 1.14. The largest absolute Gasteiger partial charge is 0.494 e. The number of carbonyl (C=O) groups is 3. The highest BCUT2D eigenvalue weighted by atomic mass is 16.5. The molecular formula is C15H15N3O4. The molecule has 1 aliphatic rings. The van der Waals surface area contributed by atoms with Gasteiger partial charge in [-0.15, -0.1) is 0 Å². The molecule has 22 heavy (non-hydrogen) atoms. The number of urea groups is 1. The summed E-state index contributed by atoms with van der Waals surface area (Å²) >= 11 is 0. The van der Waals surface area contributed by atoms with Crippen LogP contribution in [-0.4, -0.2) is 47.3 Å². The maximum absolute atomic E-state index is 11.8. The van der Waals surface area contributed by atoms with E-state index in [1.807, 2.05) is 6.07 Å². The lowest BCUT2D eigenvalue weighted by atomic mass is 10.2. The van der Waals surface area contributed by atoms with Crippen molar-refractivity contribution in [3.8, 4) is 11.8 Å². The zero-order valence-electron chi connectivity index (χ0n) is 12.1.